The molecule has 0 radical (unpaired) electrons. The van der Waals surface area contributed by atoms with E-state index in [2.05, 4.69) is 16.7 Å². The van der Waals surface area contributed by atoms with Gasteiger partial charge in [-0.1, -0.05) is 6.92 Å². The number of likely N-dealkylation sites (tertiary alicyclic amines) is 2. The third-order valence-electron chi connectivity index (χ3n) is 6.00. The maximum atomic E-state index is 12.9. The first-order valence-corrected chi connectivity index (χ1v) is 9.98. The van der Waals surface area contributed by atoms with E-state index in [4.69, 9.17) is 9.47 Å². The molecule has 0 saturated carbocycles. The fourth-order valence-corrected chi connectivity index (χ4v) is 4.64. The quantitative estimate of drug-likeness (QED) is 0.746. The van der Waals surface area contributed by atoms with Gasteiger partial charge < -0.3 is 14.4 Å². The van der Waals surface area contributed by atoms with Crippen LogP contribution in [-0.4, -0.2) is 72.8 Å². The topological polar surface area (TPSA) is 42.0 Å². The first-order chi connectivity index (χ1) is 11.7. The summed E-state index contributed by atoms with van der Waals surface area (Å²) < 4.78 is 11.6. The molecule has 3 fully saturated rings. The smallest absolute Gasteiger partial charge is 0.251 e. The van der Waals surface area contributed by atoms with Gasteiger partial charge in [0.15, 0.2) is 0 Å². The van der Waals surface area contributed by atoms with Crippen molar-refractivity contribution in [3.63, 3.8) is 0 Å². The Labute approximate surface area is 146 Å². The van der Waals surface area contributed by atoms with E-state index < -0.39 is 0 Å². The standard InChI is InChI=1S/C19H34N2O3/c1-3-20-11-6-9-17(20)18-10-7-12-21(18)19(22)15(2)24-14-16-8-4-5-13-23-16/h15-18H,3-14H2,1-2H3. The number of hydrogen-bond donors (Lipinski definition) is 0. The Kier molecular flexibility index (Phi) is 6.53. The summed E-state index contributed by atoms with van der Waals surface area (Å²) in [5, 5.41) is 0. The van der Waals surface area contributed by atoms with Gasteiger partial charge in [0.1, 0.15) is 6.10 Å². The van der Waals surface area contributed by atoms with Crippen molar-refractivity contribution >= 4 is 5.91 Å². The zero-order valence-electron chi connectivity index (χ0n) is 15.4. The summed E-state index contributed by atoms with van der Waals surface area (Å²) >= 11 is 0. The molecule has 4 unspecified atom stereocenters. The monoisotopic (exact) mass is 338 g/mol. The average molecular weight is 338 g/mol. The van der Waals surface area contributed by atoms with E-state index in [9.17, 15) is 4.79 Å². The maximum Gasteiger partial charge on any atom is 0.251 e. The molecule has 5 heteroatoms. The number of carbonyl (C=O) groups excluding carboxylic acids is 1. The molecule has 4 atom stereocenters. The van der Waals surface area contributed by atoms with Gasteiger partial charge in [0.2, 0.25) is 0 Å². The lowest BCUT2D eigenvalue weighted by Gasteiger charge is -2.35. The van der Waals surface area contributed by atoms with Crippen molar-refractivity contribution in [2.45, 2.75) is 83.1 Å². The number of rotatable bonds is 6. The number of carbonyl (C=O) groups is 1. The third-order valence-corrected chi connectivity index (χ3v) is 6.00. The molecule has 3 saturated heterocycles. The molecular weight excluding hydrogens is 304 g/mol. The number of nitrogens with zero attached hydrogens (tertiary/aromatic N) is 2. The molecule has 0 N–H and O–H groups in total. The fraction of sp³-hybridized carbons (Fsp3) is 0.947. The lowest BCUT2D eigenvalue weighted by molar-refractivity contribution is -0.148. The minimum atomic E-state index is -0.354. The molecule has 138 valence electrons. The summed E-state index contributed by atoms with van der Waals surface area (Å²) in [5.41, 5.74) is 0. The van der Waals surface area contributed by atoms with Crippen LogP contribution in [0.15, 0.2) is 0 Å². The van der Waals surface area contributed by atoms with Crippen LogP contribution in [0.2, 0.25) is 0 Å². The van der Waals surface area contributed by atoms with E-state index in [1.165, 1.54) is 25.8 Å². The third kappa shape index (κ3) is 4.12. The van der Waals surface area contributed by atoms with E-state index in [0.717, 1.165) is 45.4 Å². The Morgan fingerprint density at radius 1 is 1.12 bits per heavy atom. The molecule has 0 aromatic heterocycles. The van der Waals surface area contributed by atoms with Crippen molar-refractivity contribution < 1.29 is 14.3 Å². The van der Waals surface area contributed by atoms with Gasteiger partial charge in [0.05, 0.1) is 12.7 Å². The summed E-state index contributed by atoms with van der Waals surface area (Å²) in [7, 11) is 0. The number of hydrogen-bond acceptors (Lipinski definition) is 4. The highest BCUT2D eigenvalue weighted by Gasteiger charge is 2.40. The molecule has 0 aromatic carbocycles. The Morgan fingerprint density at radius 3 is 2.67 bits per heavy atom. The van der Waals surface area contributed by atoms with Crippen LogP contribution in [0.1, 0.15) is 58.8 Å². The van der Waals surface area contributed by atoms with Crippen molar-refractivity contribution in [2.24, 2.45) is 0 Å². The summed E-state index contributed by atoms with van der Waals surface area (Å²) in [6, 6.07) is 0.937. The molecular formula is C19H34N2O3. The van der Waals surface area contributed by atoms with Crippen LogP contribution in [0.5, 0.6) is 0 Å². The largest absolute Gasteiger partial charge is 0.376 e. The second-order valence-electron chi connectivity index (χ2n) is 7.54. The van der Waals surface area contributed by atoms with E-state index in [1.807, 2.05) is 6.92 Å². The molecule has 3 aliphatic heterocycles. The molecule has 0 aliphatic carbocycles. The van der Waals surface area contributed by atoms with Crippen LogP contribution in [0.4, 0.5) is 0 Å². The second kappa shape index (κ2) is 8.63. The molecule has 0 spiro atoms. The van der Waals surface area contributed by atoms with Crippen LogP contribution < -0.4 is 0 Å². The zero-order chi connectivity index (χ0) is 16.9. The maximum absolute atomic E-state index is 12.9. The van der Waals surface area contributed by atoms with Crippen LogP contribution >= 0.6 is 0 Å². The minimum Gasteiger partial charge on any atom is -0.376 e. The summed E-state index contributed by atoms with van der Waals surface area (Å²) in [5.74, 6) is 0.177. The van der Waals surface area contributed by atoms with Gasteiger partial charge >= 0.3 is 0 Å². The predicted molar refractivity (Wildman–Crippen MR) is 94.0 cm³/mol. The number of ether oxygens (including phenoxy) is 2. The summed E-state index contributed by atoms with van der Waals surface area (Å²) in [6.45, 7) is 8.70. The van der Waals surface area contributed by atoms with E-state index >= 15 is 0 Å². The van der Waals surface area contributed by atoms with Crippen molar-refractivity contribution in [2.75, 3.05) is 32.8 Å². The van der Waals surface area contributed by atoms with Gasteiger partial charge in [-0.15, -0.1) is 0 Å². The van der Waals surface area contributed by atoms with Crippen molar-refractivity contribution in [3.05, 3.63) is 0 Å². The second-order valence-corrected chi connectivity index (χ2v) is 7.54. The van der Waals surface area contributed by atoms with Gasteiger partial charge in [0, 0.05) is 25.2 Å². The van der Waals surface area contributed by atoms with Gasteiger partial charge in [-0.05, 0) is 65.0 Å². The summed E-state index contributed by atoms with van der Waals surface area (Å²) in [6.07, 6.45) is 8.00. The fourth-order valence-electron chi connectivity index (χ4n) is 4.64. The average Bonchev–Trinajstić information content (AvgIpc) is 3.27. The van der Waals surface area contributed by atoms with E-state index in [1.54, 1.807) is 0 Å². The van der Waals surface area contributed by atoms with Crippen molar-refractivity contribution in [1.82, 2.24) is 9.80 Å². The first-order valence-electron chi connectivity index (χ1n) is 9.98. The van der Waals surface area contributed by atoms with Gasteiger partial charge in [-0.25, -0.2) is 0 Å². The van der Waals surface area contributed by atoms with Gasteiger partial charge in [-0.2, -0.15) is 0 Å². The molecule has 3 rings (SSSR count). The molecule has 0 aromatic rings. The molecule has 3 heterocycles. The highest BCUT2D eigenvalue weighted by Crippen LogP contribution is 2.30. The van der Waals surface area contributed by atoms with E-state index in [0.29, 0.717) is 18.7 Å². The lowest BCUT2D eigenvalue weighted by atomic mass is 10.0. The Balaban J connectivity index is 1.52. The van der Waals surface area contributed by atoms with Crippen LogP contribution in [0.25, 0.3) is 0 Å². The number of likely N-dealkylation sites (N-methyl/N-ethyl adjacent to an activating group) is 1. The van der Waals surface area contributed by atoms with Crippen LogP contribution in [0, 0.1) is 0 Å². The van der Waals surface area contributed by atoms with E-state index in [-0.39, 0.29) is 18.1 Å². The highest BCUT2D eigenvalue weighted by molar-refractivity contribution is 5.81. The zero-order valence-corrected chi connectivity index (χ0v) is 15.4. The molecule has 3 aliphatic rings. The van der Waals surface area contributed by atoms with Crippen LogP contribution in [0.3, 0.4) is 0 Å². The Morgan fingerprint density at radius 2 is 1.92 bits per heavy atom. The molecule has 24 heavy (non-hydrogen) atoms. The van der Waals surface area contributed by atoms with Crippen molar-refractivity contribution in [3.8, 4) is 0 Å². The summed E-state index contributed by atoms with van der Waals surface area (Å²) in [4.78, 5) is 17.6. The normalized spacial score (nSPS) is 33.1. The number of amides is 1. The molecule has 5 nitrogen and oxygen atoms in total. The SMILES string of the molecule is CCN1CCCC1C1CCCN1C(=O)C(C)OCC1CCCCO1. The molecule has 1 amide bonds. The Bertz CT molecular complexity index is 411. The highest BCUT2D eigenvalue weighted by atomic mass is 16.5. The Hall–Kier alpha value is -0.650. The predicted octanol–water partition coefficient (Wildman–Crippen LogP) is 2.44. The minimum absolute atomic E-state index is 0.175. The molecule has 0 bridgehead atoms. The van der Waals surface area contributed by atoms with Crippen LogP contribution in [-0.2, 0) is 14.3 Å². The van der Waals surface area contributed by atoms with Gasteiger partial charge in [-0.3, -0.25) is 9.69 Å². The van der Waals surface area contributed by atoms with Gasteiger partial charge in [0.25, 0.3) is 5.91 Å². The first kappa shape index (κ1) is 18.2. The van der Waals surface area contributed by atoms with Crippen molar-refractivity contribution in [1.29, 1.82) is 0 Å². The lowest BCUT2D eigenvalue weighted by Crippen LogP contribution is -2.51.